The summed E-state index contributed by atoms with van der Waals surface area (Å²) < 4.78 is 5.09. The Hall–Kier alpha value is -1.54. The molecule has 1 aromatic rings. The van der Waals surface area contributed by atoms with E-state index < -0.39 is 18.0 Å². The zero-order chi connectivity index (χ0) is 19.1. The van der Waals surface area contributed by atoms with Crippen LogP contribution in [0.15, 0.2) is 35.9 Å². The SMILES string of the molecule is CC(N)C(=O)OCSC1CCN(Cc2ccccc2Cl)C/C1=C\C(=O)O. The molecule has 2 rings (SSSR count). The largest absolute Gasteiger partial charge is 0.478 e. The molecule has 1 aliphatic heterocycles. The first-order valence-electron chi connectivity index (χ1n) is 8.29. The molecule has 1 saturated heterocycles. The van der Waals surface area contributed by atoms with Crippen LogP contribution in [0, 0.1) is 0 Å². The van der Waals surface area contributed by atoms with Gasteiger partial charge in [0.15, 0.2) is 0 Å². The molecule has 1 fully saturated rings. The Bertz CT molecular complexity index is 681. The number of esters is 1. The number of likely N-dealkylation sites (tertiary alicyclic amines) is 1. The van der Waals surface area contributed by atoms with Gasteiger partial charge in [-0.05, 0) is 30.5 Å². The minimum Gasteiger partial charge on any atom is -0.478 e. The predicted molar refractivity (Wildman–Crippen MR) is 103 cm³/mol. The lowest BCUT2D eigenvalue weighted by molar-refractivity contribution is -0.142. The normalized spacial score (nSPS) is 20.7. The van der Waals surface area contributed by atoms with Crippen molar-refractivity contribution in [2.45, 2.75) is 31.2 Å². The Morgan fingerprint density at radius 2 is 2.23 bits per heavy atom. The number of hydrogen-bond donors (Lipinski definition) is 2. The molecule has 1 aromatic carbocycles. The maximum Gasteiger partial charge on any atom is 0.328 e. The van der Waals surface area contributed by atoms with E-state index in [1.807, 2.05) is 24.3 Å². The molecule has 0 amide bonds. The molecule has 1 heterocycles. The van der Waals surface area contributed by atoms with Gasteiger partial charge in [-0.2, -0.15) is 0 Å². The summed E-state index contributed by atoms with van der Waals surface area (Å²) in [5.74, 6) is -1.28. The van der Waals surface area contributed by atoms with Crippen molar-refractivity contribution in [2.75, 3.05) is 19.0 Å². The lowest BCUT2D eigenvalue weighted by Crippen LogP contribution is -2.37. The minimum atomic E-state index is -0.974. The molecule has 0 aromatic heterocycles. The fourth-order valence-corrected chi connectivity index (χ4v) is 3.89. The fraction of sp³-hybridized carbons (Fsp3) is 0.444. The van der Waals surface area contributed by atoms with Gasteiger partial charge >= 0.3 is 11.9 Å². The summed E-state index contributed by atoms with van der Waals surface area (Å²) in [5, 5.41) is 9.86. The molecule has 6 nitrogen and oxygen atoms in total. The first kappa shape index (κ1) is 20.8. The zero-order valence-electron chi connectivity index (χ0n) is 14.6. The van der Waals surface area contributed by atoms with Crippen LogP contribution in [-0.2, 0) is 20.9 Å². The topological polar surface area (TPSA) is 92.9 Å². The number of aliphatic carboxylic acids is 1. The van der Waals surface area contributed by atoms with Gasteiger partial charge in [-0.15, -0.1) is 11.8 Å². The third kappa shape index (κ3) is 6.32. The van der Waals surface area contributed by atoms with Gasteiger partial charge in [0.1, 0.15) is 12.0 Å². The predicted octanol–water partition coefficient (Wildman–Crippen LogP) is 2.51. The molecule has 0 aliphatic carbocycles. The highest BCUT2D eigenvalue weighted by Crippen LogP contribution is 2.29. The number of halogens is 1. The van der Waals surface area contributed by atoms with Gasteiger partial charge in [-0.1, -0.05) is 29.8 Å². The number of carboxylic acid groups (broad SMARTS) is 1. The van der Waals surface area contributed by atoms with Crippen molar-refractivity contribution in [1.29, 1.82) is 0 Å². The first-order chi connectivity index (χ1) is 12.4. The number of thioether (sulfide) groups is 1. The first-order valence-corrected chi connectivity index (χ1v) is 9.72. The average molecular weight is 399 g/mol. The lowest BCUT2D eigenvalue weighted by Gasteiger charge is -2.34. The molecule has 0 spiro atoms. The minimum absolute atomic E-state index is 0.00511. The number of carboxylic acids is 1. The van der Waals surface area contributed by atoms with Crippen molar-refractivity contribution >= 4 is 35.3 Å². The molecule has 0 bridgehead atoms. The molecule has 0 radical (unpaired) electrons. The Balaban J connectivity index is 1.97. The summed E-state index contributed by atoms with van der Waals surface area (Å²) in [6, 6.07) is 6.97. The van der Waals surface area contributed by atoms with E-state index in [9.17, 15) is 9.59 Å². The third-order valence-corrected chi connectivity index (χ3v) is 5.59. The number of benzene rings is 1. The number of nitrogens with zero attached hydrogens (tertiary/aromatic N) is 1. The molecule has 8 heteroatoms. The number of hydrogen-bond acceptors (Lipinski definition) is 6. The molecule has 142 valence electrons. The van der Waals surface area contributed by atoms with Crippen molar-refractivity contribution in [3.8, 4) is 0 Å². The van der Waals surface area contributed by atoms with Gasteiger partial charge in [-0.25, -0.2) is 4.79 Å². The zero-order valence-corrected chi connectivity index (χ0v) is 16.1. The molecule has 0 saturated carbocycles. The molecular weight excluding hydrogens is 376 g/mol. The van der Waals surface area contributed by atoms with Crippen molar-refractivity contribution in [1.82, 2.24) is 4.90 Å². The molecule has 26 heavy (non-hydrogen) atoms. The monoisotopic (exact) mass is 398 g/mol. The van der Waals surface area contributed by atoms with Crippen LogP contribution in [0.5, 0.6) is 0 Å². The van der Waals surface area contributed by atoms with Crippen LogP contribution < -0.4 is 5.73 Å². The van der Waals surface area contributed by atoms with Crippen molar-refractivity contribution < 1.29 is 19.4 Å². The van der Waals surface area contributed by atoms with Crippen LogP contribution in [0.25, 0.3) is 0 Å². The number of nitrogens with two attached hydrogens (primary N) is 1. The number of piperidine rings is 1. The molecular formula is C18H23ClN2O4S. The van der Waals surface area contributed by atoms with Crippen molar-refractivity contribution in [2.24, 2.45) is 5.73 Å². The highest BCUT2D eigenvalue weighted by molar-refractivity contribution is 7.99. The van der Waals surface area contributed by atoms with E-state index in [0.29, 0.717) is 18.1 Å². The van der Waals surface area contributed by atoms with Gasteiger partial charge in [0.2, 0.25) is 0 Å². The maximum absolute atomic E-state index is 11.4. The number of ether oxygens (including phenoxy) is 1. The van der Waals surface area contributed by atoms with Gasteiger partial charge < -0.3 is 15.6 Å². The van der Waals surface area contributed by atoms with E-state index in [1.54, 1.807) is 6.92 Å². The van der Waals surface area contributed by atoms with Crippen LogP contribution in [0.1, 0.15) is 18.9 Å². The lowest BCUT2D eigenvalue weighted by atomic mass is 10.0. The van der Waals surface area contributed by atoms with Crippen molar-refractivity contribution in [3.63, 3.8) is 0 Å². The average Bonchev–Trinajstić information content (AvgIpc) is 2.58. The van der Waals surface area contributed by atoms with Gasteiger partial charge in [0.25, 0.3) is 0 Å². The van der Waals surface area contributed by atoms with Crippen LogP contribution in [0.4, 0.5) is 0 Å². The highest BCUT2D eigenvalue weighted by Gasteiger charge is 2.26. The van der Waals surface area contributed by atoms with E-state index in [2.05, 4.69) is 4.90 Å². The third-order valence-electron chi connectivity index (χ3n) is 4.03. The number of carbonyl (C=O) groups excluding carboxylic acids is 1. The molecule has 1 aliphatic rings. The maximum atomic E-state index is 11.4. The van der Waals surface area contributed by atoms with Gasteiger partial charge in [0.05, 0.1) is 0 Å². The summed E-state index contributed by atoms with van der Waals surface area (Å²) in [7, 11) is 0. The van der Waals surface area contributed by atoms with E-state index in [0.717, 1.165) is 24.1 Å². The summed E-state index contributed by atoms with van der Waals surface area (Å²) in [4.78, 5) is 24.8. The number of rotatable bonds is 7. The molecule has 2 unspecified atom stereocenters. The van der Waals surface area contributed by atoms with Crippen LogP contribution in [-0.4, -0.2) is 52.3 Å². The van der Waals surface area contributed by atoms with E-state index in [4.69, 9.17) is 27.2 Å². The standard InChI is InChI=1S/C18H23ClN2O4S/c1-12(20)18(24)25-11-26-16-6-7-21(10-14(16)8-17(22)23)9-13-4-2-3-5-15(13)19/h2-5,8,12,16H,6-7,9-11,20H2,1H3,(H,22,23)/b14-8+. The Morgan fingerprint density at radius 1 is 1.50 bits per heavy atom. The second-order valence-corrected chi connectivity index (χ2v) is 7.72. The fourth-order valence-electron chi connectivity index (χ4n) is 2.72. The Kier molecular flexibility index (Phi) is 7.96. The summed E-state index contributed by atoms with van der Waals surface area (Å²) in [6.07, 6.45) is 2.02. The van der Waals surface area contributed by atoms with Gasteiger partial charge in [-0.3, -0.25) is 9.69 Å². The Labute approximate surface area is 162 Å². The second-order valence-electron chi connectivity index (χ2n) is 6.17. The summed E-state index contributed by atoms with van der Waals surface area (Å²) in [5.41, 5.74) is 7.28. The quantitative estimate of drug-likeness (QED) is 0.414. The summed E-state index contributed by atoms with van der Waals surface area (Å²) in [6.45, 7) is 3.57. The van der Waals surface area contributed by atoms with E-state index in [-0.39, 0.29) is 11.2 Å². The van der Waals surface area contributed by atoms with Crippen molar-refractivity contribution in [3.05, 3.63) is 46.5 Å². The van der Waals surface area contributed by atoms with E-state index in [1.165, 1.54) is 17.8 Å². The highest BCUT2D eigenvalue weighted by atomic mass is 35.5. The smallest absolute Gasteiger partial charge is 0.328 e. The second kappa shape index (κ2) is 9.97. The molecule has 3 N–H and O–H groups in total. The van der Waals surface area contributed by atoms with Gasteiger partial charge in [0, 0.05) is 36.0 Å². The summed E-state index contributed by atoms with van der Waals surface area (Å²) >= 11 is 7.64. The number of carbonyl (C=O) groups is 2. The van der Waals surface area contributed by atoms with Crippen LogP contribution >= 0.6 is 23.4 Å². The van der Waals surface area contributed by atoms with Crippen LogP contribution in [0.3, 0.4) is 0 Å². The van der Waals surface area contributed by atoms with E-state index >= 15 is 0 Å². The Morgan fingerprint density at radius 3 is 2.88 bits per heavy atom. The molecule has 2 atom stereocenters. The van der Waals surface area contributed by atoms with Crippen LogP contribution in [0.2, 0.25) is 5.02 Å².